The van der Waals surface area contributed by atoms with Crippen molar-refractivity contribution < 1.29 is 33.5 Å². The van der Waals surface area contributed by atoms with E-state index in [0.29, 0.717) is 16.0 Å². The van der Waals surface area contributed by atoms with Crippen molar-refractivity contribution >= 4 is 46.9 Å². The highest BCUT2D eigenvalue weighted by Gasteiger charge is 2.67. The number of likely N-dealkylation sites (tertiary alicyclic amines) is 1. The molecule has 0 aromatic heterocycles. The second-order valence-electron chi connectivity index (χ2n) is 10.7. The summed E-state index contributed by atoms with van der Waals surface area (Å²) in [7, 11) is 0. The van der Waals surface area contributed by atoms with Crippen LogP contribution in [-0.4, -0.2) is 39.7 Å². The highest BCUT2D eigenvalue weighted by atomic mass is 35.5. The summed E-state index contributed by atoms with van der Waals surface area (Å²) in [5, 5.41) is 10.1. The van der Waals surface area contributed by atoms with Crippen molar-refractivity contribution in [1.29, 1.82) is 0 Å². The van der Waals surface area contributed by atoms with Gasteiger partial charge in [-0.1, -0.05) is 35.4 Å². The van der Waals surface area contributed by atoms with Crippen LogP contribution in [0.5, 0.6) is 5.75 Å². The Bertz CT molecular complexity index is 1540. The molecule has 2 aromatic rings. The van der Waals surface area contributed by atoms with Crippen LogP contribution in [0.4, 0.5) is 14.9 Å². The fourth-order valence-corrected chi connectivity index (χ4v) is 7.36. The molecule has 39 heavy (non-hydrogen) atoms. The number of anilines is 1. The van der Waals surface area contributed by atoms with Gasteiger partial charge in [0.05, 0.1) is 33.9 Å². The van der Waals surface area contributed by atoms with E-state index in [1.54, 1.807) is 19.1 Å². The van der Waals surface area contributed by atoms with Crippen molar-refractivity contribution in [2.75, 3.05) is 4.90 Å². The van der Waals surface area contributed by atoms with Crippen LogP contribution in [0.1, 0.15) is 31.2 Å². The van der Waals surface area contributed by atoms with E-state index in [4.69, 9.17) is 17.3 Å². The molecule has 2 aromatic carbocycles. The quantitative estimate of drug-likeness (QED) is 0.433. The van der Waals surface area contributed by atoms with Crippen molar-refractivity contribution in [3.8, 4) is 5.75 Å². The molecule has 11 heteroatoms. The maximum absolute atomic E-state index is 14.2. The van der Waals surface area contributed by atoms with Gasteiger partial charge in [0.2, 0.25) is 23.6 Å². The van der Waals surface area contributed by atoms with E-state index in [0.717, 1.165) is 11.0 Å². The number of nitrogens with zero attached hydrogens (tertiary/aromatic N) is 2. The van der Waals surface area contributed by atoms with E-state index in [9.17, 15) is 33.5 Å². The fourth-order valence-electron chi connectivity index (χ4n) is 7.19. The molecule has 3 fully saturated rings. The van der Waals surface area contributed by atoms with Gasteiger partial charge in [0.25, 0.3) is 0 Å². The molecule has 6 amide bonds. The lowest BCUT2D eigenvalue weighted by Gasteiger charge is -2.49. The molecule has 2 aliphatic heterocycles. The van der Waals surface area contributed by atoms with Crippen molar-refractivity contribution in [2.45, 2.75) is 25.7 Å². The summed E-state index contributed by atoms with van der Waals surface area (Å²) < 4.78 is 13.9. The first kappa shape index (κ1) is 25.2. The Morgan fingerprint density at radius 1 is 1.08 bits per heavy atom. The third-order valence-electron chi connectivity index (χ3n) is 8.86. The van der Waals surface area contributed by atoms with Gasteiger partial charge in [-0.3, -0.25) is 19.2 Å². The molecule has 0 bridgehead atoms. The number of allylic oxidation sites excluding steroid dienone is 2. The zero-order chi connectivity index (χ0) is 28.0. The van der Waals surface area contributed by atoms with E-state index in [-0.39, 0.29) is 29.3 Å². The van der Waals surface area contributed by atoms with Crippen molar-refractivity contribution in [3.63, 3.8) is 0 Å². The number of nitrogens with two attached hydrogens (primary N) is 1. The van der Waals surface area contributed by atoms with Crippen LogP contribution < -0.4 is 10.6 Å². The average molecular weight is 552 g/mol. The number of phenols is 1. The Labute approximate surface area is 227 Å². The predicted octanol–water partition coefficient (Wildman–Crippen LogP) is 3.49. The van der Waals surface area contributed by atoms with Gasteiger partial charge < -0.3 is 10.8 Å². The van der Waals surface area contributed by atoms with Crippen molar-refractivity contribution in [3.05, 3.63) is 70.5 Å². The van der Waals surface area contributed by atoms with E-state index < -0.39 is 70.5 Å². The Morgan fingerprint density at radius 3 is 2.49 bits per heavy atom. The van der Waals surface area contributed by atoms with E-state index in [1.807, 2.05) is 6.08 Å². The van der Waals surface area contributed by atoms with Gasteiger partial charge in [-0.15, -0.1) is 0 Å². The molecule has 200 valence electrons. The number of urea groups is 1. The van der Waals surface area contributed by atoms with Crippen LogP contribution >= 0.6 is 11.6 Å². The molecule has 2 heterocycles. The van der Waals surface area contributed by atoms with Crippen LogP contribution in [0.2, 0.25) is 5.02 Å². The number of hydrogen-bond donors (Lipinski definition) is 2. The molecule has 2 aliphatic carbocycles. The van der Waals surface area contributed by atoms with Crippen LogP contribution in [0.25, 0.3) is 0 Å². The molecule has 2 saturated heterocycles. The summed E-state index contributed by atoms with van der Waals surface area (Å²) >= 11 is 5.97. The van der Waals surface area contributed by atoms with Gasteiger partial charge in [-0.05, 0) is 61.6 Å². The Kier molecular flexibility index (Phi) is 5.48. The van der Waals surface area contributed by atoms with Crippen molar-refractivity contribution in [1.82, 2.24) is 4.90 Å². The third-order valence-corrected chi connectivity index (χ3v) is 9.15. The molecule has 6 atom stereocenters. The number of amides is 6. The van der Waals surface area contributed by atoms with E-state index >= 15 is 0 Å². The summed E-state index contributed by atoms with van der Waals surface area (Å²) in [6.45, 7) is 1.68. The zero-order valence-corrected chi connectivity index (χ0v) is 21.4. The number of primary amides is 1. The second-order valence-corrected chi connectivity index (χ2v) is 11.1. The average Bonchev–Trinajstić information content (AvgIpc) is 3.25. The number of phenolic OH excluding ortho intramolecular Hbond substituents is 1. The number of carbonyl (C=O) groups is 5. The third kappa shape index (κ3) is 3.33. The highest BCUT2D eigenvalue weighted by molar-refractivity contribution is 6.31. The Morgan fingerprint density at radius 2 is 1.82 bits per heavy atom. The summed E-state index contributed by atoms with van der Waals surface area (Å²) in [6, 6.07) is 8.77. The number of carbonyl (C=O) groups excluding carboxylic acids is 5. The first-order valence-electron chi connectivity index (χ1n) is 12.5. The first-order chi connectivity index (χ1) is 18.5. The number of fused-ring (bicyclic) bond motifs is 4. The fraction of sp³-hybridized carbons (Fsp3) is 0.321. The van der Waals surface area contributed by atoms with Crippen molar-refractivity contribution in [2.24, 2.45) is 34.8 Å². The van der Waals surface area contributed by atoms with Gasteiger partial charge in [0.15, 0.2) is 0 Å². The van der Waals surface area contributed by atoms with Gasteiger partial charge in [0.1, 0.15) is 11.6 Å². The monoisotopic (exact) mass is 551 g/mol. The molecule has 9 nitrogen and oxygen atoms in total. The molecule has 0 radical (unpaired) electrons. The summed E-state index contributed by atoms with van der Waals surface area (Å²) in [5.41, 5.74) is 5.37. The lowest BCUT2D eigenvalue weighted by molar-refractivity contribution is -0.136. The van der Waals surface area contributed by atoms with Crippen LogP contribution in [-0.2, 0) is 19.2 Å². The van der Waals surface area contributed by atoms with Gasteiger partial charge >= 0.3 is 6.03 Å². The first-order valence-corrected chi connectivity index (χ1v) is 12.8. The number of imide groups is 4. The Balaban J connectivity index is 1.52. The SMILES string of the molecule is C[C@@]12C(=O)N(c3ccc(F)c(Cl)c3)C(=O)[C@@H]1C[C@@H]1C(=CC[C@@H]3C(=O)N(C(N)=O)C(=O)[C@@H]31)[C@@H]2c1cccc(O)c1. The second kappa shape index (κ2) is 8.47. The lowest BCUT2D eigenvalue weighted by Crippen LogP contribution is -2.49. The maximum Gasteiger partial charge on any atom is 0.328 e. The standard InChI is InChI=1S/C28H23ClFN3O6/c1-28-18(24(36)32(26(28)38)13-5-8-20(30)19(29)10-13)11-17-15(22(28)12-3-2-4-14(34)9-12)6-7-16-21(17)25(37)33(23(16)35)27(31)39/h2-6,8-10,16-18,21-22,34H,7,11H2,1H3,(H2,31,39)/t16-,17+,18-,21-,22-,28+/m0/s1. The largest absolute Gasteiger partial charge is 0.508 e. The molecular weight excluding hydrogens is 529 g/mol. The predicted molar refractivity (Wildman–Crippen MR) is 136 cm³/mol. The number of rotatable bonds is 2. The normalized spacial score (nSPS) is 31.7. The minimum atomic E-state index is -1.34. The molecule has 0 unspecified atom stereocenters. The lowest BCUT2D eigenvalue weighted by atomic mass is 9.51. The summed E-state index contributed by atoms with van der Waals surface area (Å²) in [4.78, 5) is 67.8. The maximum atomic E-state index is 14.2. The van der Waals surface area contributed by atoms with E-state index in [2.05, 4.69) is 0 Å². The Hall–Kier alpha value is -4.05. The highest BCUT2D eigenvalue weighted by Crippen LogP contribution is 2.63. The molecule has 3 N–H and O–H groups in total. The van der Waals surface area contributed by atoms with Gasteiger partial charge in [-0.2, -0.15) is 4.90 Å². The molecule has 0 spiro atoms. The number of aromatic hydroxyl groups is 1. The summed E-state index contributed by atoms with van der Waals surface area (Å²) in [5.74, 6) is -7.24. The smallest absolute Gasteiger partial charge is 0.328 e. The van der Waals surface area contributed by atoms with E-state index in [1.165, 1.54) is 24.3 Å². The number of hydrogen-bond acceptors (Lipinski definition) is 6. The number of benzene rings is 2. The van der Waals surface area contributed by atoms with Gasteiger partial charge in [-0.25, -0.2) is 14.1 Å². The number of halogens is 2. The van der Waals surface area contributed by atoms with Gasteiger partial charge in [0, 0.05) is 5.92 Å². The minimum absolute atomic E-state index is 0.0463. The summed E-state index contributed by atoms with van der Waals surface area (Å²) in [6.07, 6.45) is 2.04. The van der Waals surface area contributed by atoms with Crippen LogP contribution in [0, 0.1) is 34.9 Å². The molecular formula is C28H23ClFN3O6. The molecule has 6 rings (SSSR count). The van der Waals surface area contributed by atoms with Crippen LogP contribution in [0.15, 0.2) is 54.1 Å². The molecule has 1 saturated carbocycles. The zero-order valence-electron chi connectivity index (χ0n) is 20.6. The molecule has 4 aliphatic rings. The topological polar surface area (TPSA) is 138 Å². The minimum Gasteiger partial charge on any atom is -0.508 e. The van der Waals surface area contributed by atoms with Crippen LogP contribution in [0.3, 0.4) is 0 Å².